The van der Waals surface area contributed by atoms with E-state index in [1.807, 2.05) is 12.1 Å². The summed E-state index contributed by atoms with van der Waals surface area (Å²) in [7, 11) is 0. The maximum atomic E-state index is 11.8. The quantitative estimate of drug-likeness (QED) is 0.494. The number of rotatable bonds is 4. The fourth-order valence-corrected chi connectivity index (χ4v) is 1.96. The zero-order valence-electron chi connectivity index (χ0n) is 9.73. The number of ketones is 1. The Labute approximate surface area is 112 Å². The van der Waals surface area contributed by atoms with Crippen molar-refractivity contribution in [1.29, 1.82) is 0 Å². The first-order chi connectivity index (χ1) is 8.60. The van der Waals surface area contributed by atoms with Gasteiger partial charge < -0.3 is 9.15 Å². The summed E-state index contributed by atoms with van der Waals surface area (Å²) in [5, 5.41) is 0.816. The highest BCUT2D eigenvalue weighted by molar-refractivity contribution is 9.10. The molecule has 0 bridgehead atoms. The van der Waals surface area contributed by atoms with Crippen molar-refractivity contribution in [2.24, 2.45) is 0 Å². The smallest absolute Gasteiger partial charge is 0.313 e. The Kier molecular flexibility index (Phi) is 3.81. The van der Waals surface area contributed by atoms with Crippen molar-refractivity contribution in [2.75, 3.05) is 6.61 Å². The zero-order valence-corrected chi connectivity index (χ0v) is 11.3. The molecule has 2 rings (SSSR count). The van der Waals surface area contributed by atoms with Crippen LogP contribution in [0.15, 0.2) is 33.2 Å². The molecule has 0 spiro atoms. The highest BCUT2D eigenvalue weighted by Crippen LogP contribution is 2.24. The van der Waals surface area contributed by atoms with Gasteiger partial charge in [0.1, 0.15) is 12.0 Å². The molecule has 0 amide bonds. The summed E-state index contributed by atoms with van der Waals surface area (Å²) in [6.45, 7) is 1.96. The standard InChI is InChI=1S/C13H11BrO4/c1-2-17-13(16)7-10(15)12-6-8-5-9(14)3-4-11(8)18-12/h3-6H,2,7H2,1H3. The molecule has 0 saturated carbocycles. The van der Waals surface area contributed by atoms with Crippen molar-refractivity contribution in [2.45, 2.75) is 13.3 Å². The number of esters is 1. The molecule has 0 aliphatic carbocycles. The number of hydrogen-bond donors (Lipinski definition) is 0. The first-order valence-corrected chi connectivity index (χ1v) is 6.27. The molecule has 0 radical (unpaired) electrons. The van der Waals surface area contributed by atoms with E-state index in [1.165, 1.54) is 0 Å². The molecule has 4 nitrogen and oxygen atoms in total. The Balaban J connectivity index is 2.20. The zero-order chi connectivity index (χ0) is 13.1. The Bertz CT molecular complexity index is 600. The van der Waals surface area contributed by atoms with Crippen LogP contribution in [-0.4, -0.2) is 18.4 Å². The fourth-order valence-electron chi connectivity index (χ4n) is 1.58. The molecule has 0 saturated heterocycles. The Morgan fingerprint density at radius 1 is 1.33 bits per heavy atom. The van der Waals surface area contributed by atoms with Crippen molar-refractivity contribution in [3.63, 3.8) is 0 Å². The van der Waals surface area contributed by atoms with Crippen LogP contribution in [0.4, 0.5) is 0 Å². The number of ether oxygens (including phenoxy) is 1. The van der Waals surface area contributed by atoms with Crippen LogP contribution in [0.2, 0.25) is 0 Å². The van der Waals surface area contributed by atoms with Gasteiger partial charge in [-0.2, -0.15) is 0 Å². The van der Waals surface area contributed by atoms with E-state index in [-0.39, 0.29) is 24.6 Å². The number of halogens is 1. The maximum Gasteiger partial charge on any atom is 0.313 e. The van der Waals surface area contributed by atoms with Crippen molar-refractivity contribution in [1.82, 2.24) is 0 Å². The van der Waals surface area contributed by atoms with Crippen molar-refractivity contribution >= 4 is 38.7 Å². The lowest BCUT2D eigenvalue weighted by Gasteiger charge is -1.98. The third kappa shape index (κ3) is 2.79. The summed E-state index contributed by atoms with van der Waals surface area (Å²) in [6.07, 6.45) is -0.297. The minimum Gasteiger partial charge on any atom is -0.466 e. The van der Waals surface area contributed by atoms with E-state index in [2.05, 4.69) is 15.9 Å². The maximum absolute atomic E-state index is 11.8. The summed E-state index contributed by atoms with van der Waals surface area (Å²) in [6, 6.07) is 7.06. The molecule has 5 heteroatoms. The van der Waals surface area contributed by atoms with Gasteiger partial charge in [0.05, 0.1) is 6.61 Å². The molecule has 18 heavy (non-hydrogen) atoms. The predicted molar refractivity (Wildman–Crippen MR) is 69.5 cm³/mol. The van der Waals surface area contributed by atoms with Gasteiger partial charge in [-0.15, -0.1) is 0 Å². The largest absolute Gasteiger partial charge is 0.466 e. The average molecular weight is 311 g/mol. The normalized spacial score (nSPS) is 10.6. The Morgan fingerprint density at radius 2 is 2.11 bits per heavy atom. The van der Waals surface area contributed by atoms with Gasteiger partial charge in [-0.25, -0.2) is 0 Å². The molecule has 1 aromatic carbocycles. The van der Waals surface area contributed by atoms with E-state index in [0.29, 0.717) is 5.58 Å². The number of carbonyl (C=O) groups is 2. The van der Waals surface area contributed by atoms with Crippen LogP contribution in [0, 0.1) is 0 Å². The SMILES string of the molecule is CCOC(=O)CC(=O)c1cc2cc(Br)ccc2o1. The molecule has 2 aromatic rings. The van der Waals surface area contributed by atoms with E-state index in [1.54, 1.807) is 19.1 Å². The van der Waals surface area contributed by atoms with Gasteiger partial charge in [0.2, 0.25) is 5.78 Å². The molecule has 1 aromatic heterocycles. The predicted octanol–water partition coefficient (Wildman–Crippen LogP) is 3.33. The van der Waals surface area contributed by atoms with Gasteiger partial charge >= 0.3 is 5.97 Å². The van der Waals surface area contributed by atoms with Gasteiger partial charge in [0, 0.05) is 9.86 Å². The second kappa shape index (κ2) is 5.35. The molecular weight excluding hydrogens is 300 g/mol. The van der Waals surface area contributed by atoms with E-state index in [9.17, 15) is 9.59 Å². The first-order valence-electron chi connectivity index (χ1n) is 5.48. The molecule has 1 heterocycles. The van der Waals surface area contributed by atoms with Gasteiger partial charge in [-0.3, -0.25) is 9.59 Å². The van der Waals surface area contributed by atoms with Gasteiger partial charge in [0.15, 0.2) is 5.76 Å². The number of furan rings is 1. The topological polar surface area (TPSA) is 56.5 Å². The third-order valence-corrected chi connectivity index (χ3v) is 2.86. The van der Waals surface area contributed by atoms with Crippen LogP contribution in [0.25, 0.3) is 11.0 Å². The van der Waals surface area contributed by atoms with Crippen LogP contribution >= 0.6 is 15.9 Å². The van der Waals surface area contributed by atoms with E-state index < -0.39 is 5.97 Å². The monoisotopic (exact) mass is 310 g/mol. The summed E-state index contributed by atoms with van der Waals surface area (Å²) < 4.78 is 11.0. The Hall–Kier alpha value is -1.62. The number of benzene rings is 1. The minimum atomic E-state index is -0.538. The van der Waals surface area contributed by atoms with Crippen LogP contribution in [-0.2, 0) is 9.53 Å². The van der Waals surface area contributed by atoms with Gasteiger partial charge in [-0.05, 0) is 31.2 Å². The van der Waals surface area contributed by atoms with Crippen LogP contribution in [0.1, 0.15) is 23.9 Å². The number of carbonyl (C=O) groups excluding carboxylic acids is 2. The van der Waals surface area contributed by atoms with E-state index in [4.69, 9.17) is 9.15 Å². The molecule has 0 N–H and O–H groups in total. The lowest BCUT2D eigenvalue weighted by Crippen LogP contribution is -2.10. The molecule has 94 valence electrons. The highest BCUT2D eigenvalue weighted by atomic mass is 79.9. The van der Waals surface area contributed by atoms with E-state index >= 15 is 0 Å². The van der Waals surface area contributed by atoms with Crippen molar-refractivity contribution in [3.8, 4) is 0 Å². The second-order valence-corrected chi connectivity index (χ2v) is 4.61. The van der Waals surface area contributed by atoms with Gasteiger partial charge in [-0.1, -0.05) is 15.9 Å². The summed E-state index contributed by atoms with van der Waals surface area (Å²) in [5.74, 6) is -0.735. The van der Waals surface area contributed by atoms with Crippen LogP contribution in [0.3, 0.4) is 0 Å². The highest BCUT2D eigenvalue weighted by Gasteiger charge is 2.16. The van der Waals surface area contributed by atoms with E-state index in [0.717, 1.165) is 9.86 Å². The number of hydrogen-bond acceptors (Lipinski definition) is 4. The van der Waals surface area contributed by atoms with Crippen LogP contribution in [0.5, 0.6) is 0 Å². The lowest BCUT2D eigenvalue weighted by atomic mass is 10.2. The lowest BCUT2D eigenvalue weighted by molar-refractivity contribution is -0.142. The van der Waals surface area contributed by atoms with Gasteiger partial charge in [0.25, 0.3) is 0 Å². The average Bonchev–Trinajstić information content (AvgIpc) is 2.72. The molecule has 0 unspecified atom stereocenters. The summed E-state index contributed by atoms with van der Waals surface area (Å²) in [5.41, 5.74) is 0.616. The fraction of sp³-hybridized carbons (Fsp3) is 0.231. The van der Waals surface area contributed by atoms with Crippen molar-refractivity contribution in [3.05, 3.63) is 34.5 Å². The van der Waals surface area contributed by atoms with Crippen molar-refractivity contribution < 1.29 is 18.7 Å². The molecule has 0 aliphatic rings. The summed E-state index contributed by atoms with van der Waals surface area (Å²) >= 11 is 3.34. The summed E-state index contributed by atoms with van der Waals surface area (Å²) in [4.78, 5) is 23.0. The Morgan fingerprint density at radius 3 is 2.83 bits per heavy atom. The third-order valence-electron chi connectivity index (χ3n) is 2.36. The first kappa shape index (κ1) is 12.8. The minimum absolute atomic E-state index is 0.177. The number of Topliss-reactive ketones (excluding diaryl/α,β-unsaturated/α-hetero) is 1. The molecule has 0 atom stereocenters. The molecular formula is C13H11BrO4. The molecule has 0 fully saturated rings. The molecule has 0 aliphatic heterocycles. The number of fused-ring (bicyclic) bond motifs is 1. The van der Waals surface area contributed by atoms with Crippen LogP contribution < -0.4 is 0 Å². The second-order valence-electron chi connectivity index (χ2n) is 3.70.